The van der Waals surface area contributed by atoms with E-state index in [4.69, 9.17) is 10.5 Å². The van der Waals surface area contributed by atoms with Crippen LogP contribution in [0.1, 0.15) is 46.0 Å². The first kappa shape index (κ1) is 13.5. The second kappa shape index (κ2) is 6.89. The summed E-state index contributed by atoms with van der Waals surface area (Å²) in [5.74, 6) is 1.28. The van der Waals surface area contributed by atoms with Gasteiger partial charge in [0.05, 0.1) is 12.5 Å². The minimum atomic E-state index is -0.108. The van der Waals surface area contributed by atoms with Gasteiger partial charge in [0.15, 0.2) is 0 Å². The summed E-state index contributed by atoms with van der Waals surface area (Å²) in [4.78, 5) is 11.6. The van der Waals surface area contributed by atoms with Crippen LogP contribution in [-0.2, 0) is 9.53 Å². The molecule has 0 bridgehead atoms. The third-order valence-corrected chi connectivity index (χ3v) is 3.57. The highest BCUT2D eigenvalue weighted by molar-refractivity contribution is 5.72. The molecule has 94 valence electrons. The first-order valence-electron chi connectivity index (χ1n) is 6.54. The van der Waals surface area contributed by atoms with Crippen molar-refractivity contribution < 1.29 is 9.53 Å². The summed E-state index contributed by atoms with van der Waals surface area (Å²) in [5, 5.41) is 0. The Balaban J connectivity index is 2.39. The van der Waals surface area contributed by atoms with E-state index < -0.39 is 0 Å². The molecule has 0 aromatic heterocycles. The average Bonchev–Trinajstić information content (AvgIpc) is 2.26. The van der Waals surface area contributed by atoms with Crippen LogP contribution in [0.15, 0.2) is 0 Å². The molecule has 0 radical (unpaired) electrons. The number of esters is 1. The topological polar surface area (TPSA) is 52.3 Å². The SMILES string of the molecule is CCOC(=O)C(CN)CC1CCCC(C)C1. The lowest BCUT2D eigenvalue weighted by molar-refractivity contribution is -0.148. The molecule has 3 heteroatoms. The lowest BCUT2D eigenvalue weighted by Gasteiger charge is -2.28. The van der Waals surface area contributed by atoms with Crippen molar-refractivity contribution in [3.05, 3.63) is 0 Å². The Kier molecular flexibility index (Phi) is 5.81. The Morgan fingerprint density at radius 1 is 1.50 bits per heavy atom. The first-order chi connectivity index (χ1) is 7.67. The number of nitrogens with two attached hydrogens (primary N) is 1. The number of rotatable bonds is 5. The van der Waals surface area contributed by atoms with Crippen LogP contribution in [0.3, 0.4) is 0 Å². The molecule has 0 amide bonds. The quantitative estimate of drug-likeness (QED) is 0.733. The highest BCUT2D eigenvalue weighted by atomic mass is 16.5. The molecule has 3 nitrogen and oxygen atoms in total. The van der Waals surface area contributed by atoms with Gasteiger partial charge in [0.1, 0.15) is 0 Å². The van der Waals surface area contributed by atoms with Gasteiger partial charge in [-0.15, -0.1) is 0 Å². The molecule has 16 heavy (non-hydrogen) atoms. The number of carbonyl (C=O) groups excluding carboxylic acids is 1. The average molecular weight is 227 g/mol. The molecular formula is C13H25NO2. The molecule has 2 N–H and O–H groups in total. The molecule has 0 spiro atoms. The van der Waals surface area contributed by atoms with Crippen molar-refractivity contribution in [1.29, 1.82) is 0 Å². The second-order valence-corrected chi connectivity index (χ2v) is 5.06. The summed E-state index contributed by atoms with van der Waals surface area (Å²) in [6.45, 7) is 5.02. The molecule has 1 saturated carbocycles. The zero-order chi connectivity index (χ0) is 12.0. The standard InChI is InChI=1S/C13H25NO2/c1-3-16-13(15)12(9-14)8-11-6-4-5-10(2)7-11/h10-12H,3-9,14H2,1-2H3. The van der Waals surface area contributed by atoms with Crippen molar-refractivity contribution in [3.63, 3.8) is 0 Å². The van der Waals surface area contributed by atoms with E-state index in [-0.39, 0.29) is 11.9 Å². The van der Waals surface area contributed by atoms with Gasteiger partial charge in [-0.1, -0.05) is 26.2 Å². The Morgan fingerprint density at radius 3 is 2.81 bits per heavy atom. The van der Waals surface area contributed by atoms with Crippen LogP contribution >= 0.6 is 0 Å². The Bertz CT molecular complexity index is 218. The molecule has 0 aromatic carbocycles. The molecule has 1 aliphatic rings. The van der Waals surface area contributed by atoms with Gasteiger partial charge in [-0.3, -0.25) is 4.79 Å². The summed E-state index contributed by atoms with van der Waals surface area (Å²) in [5.41, 5.74) is 5.65. The molecule has 3 atom stereocenters. The third kappa shape index (κ3) is 4.12. The van der Waals surface area contributed by atoms with Crippen LogP contribution < -0.4 is 5.73 Å². The molecular weight excluding hydrogens is 202 g/mol. The van der Waals surface area contributed by atoms with Gasteiger partial charge in [-0.25, -0.2) is 0 Å². The fourth-order valence-corrected chi connectivity index (χ4v) is 2.72. The van der Waals surface area contributed by atoms with Crippen molar-refractivity contribution >= 4 is 5.97 Å². The van der Waals surface area contributed by atoms with Gasteiger partial charge < -0.3 is 10.5 Å². The second-order valence-electron chi connectivity index (χ2n) is 5.06. The predicted octanol–water partition coefficient (Wildman–Crippen LogP) is 2.34. The van der Waals surface area contributed by atoms with Gasteiger partial charge in [0, 0.05) is 6.54 Å². The molecule has 3 unspecified atom stereocenters. The van der Waals surface area contributed by atoms with E-state index in [2.05, 4.69) is 6.92 Å². The van der Waals surface area contributed by atoms with E-state index in [1.54, 1.807) is 0 Å². The van der Waals surface area contributed by atoms with E-state index in [0.29, 0.717) is 19.1 Å². The molecule has 0 aliphatic heterocycles. The zero-order valence-electron chi connectivity index (χ0n) is 10.6. The lowest BCUT2D eigenvalue weighted by atomic mass is 9.78. The van der Waals surface area contributed by atoms with Gasteiger partial charge in [-0.2, -0.15) is 0 Å². The van der Waals surface area contributed by atoms with E-state index >= 15 is 0 Å². The molecule has 0 saturated heterocycles. The number of hydrogen-bond donors (Lipinski definition) is 1. The lowest BCUT2D eigenvalue weighted by Crippen LogP contribution is -2.29. The maximum atomic E-state index is 11.6. The fraction of sp³-hybridized carbons (Fsp3) is 0.923. The first-order valence-corrected chi connectivity index (χ1v) is 6.54. The molecule has 0 heterocycles. The molecule has 1 fully saturated rings. The normalized spacial score (nSPS) is 27.4. The summed E-state index contributed by atoms with van der Waals surface area (Å²) in [7, 11) is 0. The largest absolute Gasteiger partial charge is 0.466 e. The van der Waals surface area contributed by atoms with Gasteiger partial charge >= 0.3 is 5.97 Å². The number of carbonyl (C=O) groups is 1. The Labute approximate surface area is 98.7 Å². The number of ether oxygens (including phenoxy) is 1. The highest BCUT2D eigenvalue weighted by Gasteiger charge is 2.26. The molecule has 1 aliphatic carbocycles. The minimum Gasteiger partial charge on any atom is -0.466 e. The van der Waals surface area contributed by atoms with Crippen LogP contribution in [0, 0.1) is 17.8 Å². The monoisotopic (exact) mass is 227 g/mol. The van der Waals surface area contributed by atoms with E-state index in [0.717, 1.165) is 12.3 Å². The summed E-state index contributed by atoms with van der Waals surface area (Å²) in [6.07, 6.45) is 6.05. The predicted molar refractivity (Wildman–Crippen MR) is 64.9 cm³/mol. The summed E-state index contributed by atoms with van der Waals surface area (Å²) < 4.78 is 5.04. The van der Waals surface area contributed by atoms with Crippen LogP contribution in [0.2, 0.25) is 0 Å². The third-order valence-electron chi connectivity index (χ3n) is 3.57. The van der Waals surface area contributed by atoms with Crippen LogP contribution in [-0.4, -0.2) is 19.1 Å². The van der Waals surface area contributed by atoms with Gasteiger partial charge in [-0.05, 0) is 31.6 Å². The minimum absolute atomic E-state index is 0.0877. The maximum absolute atomic E-state index is 11.6. The van der Waals surface area contributed by atoms with E-state index in [9.17, 15) is 4.79 Å². The number of hydrogen-bond acceptors (Lipinski definition) is 3. The fourth-order valence-electron chi connectivity index (χ4n) is 2.72. The van der Waals surface area contributed by atoms with Crippen molar-refractivity contribution in [2.45, 2.75) is 46.0 Å². The Hall–Kier alpha value is -0.570. The zero-order valence-corrected chi connectivity index (χ0v) is 10.6. The molecule has 0 aromatic rings. The highest BCUT2D eigenvalue weighted by Crippen LogP contribution is 2.32. The maximum Gasteiger partial charge on any atom is 0.310 e. The summed E-state index contributed by atoms with van der Waals surface area (Å²) >= 11 is 0. The van der Waals surface area contributed by atoms with E-state index in [1.165, 1.54) is 25.7 Å². The Morgan fingerprint density at radius 2 is 2.25 bits per heavy atom. The van der Waals surface area contributed by atoms with Gasteiger partial charge in [0.25, 0.3) is 0 Å². The molecule has 1 rings (SSSR count). The van der Waals surface area contributed by atoms with E-state index in [1.807, 2.05) is 6.92 Å². The van der Waals surface area contributed by atoms with Crippen molar-refractivity contribution in [2.75, 3.05) is 13.2 Å². The van der Waals surface area contributed by atoms with Crippen LogP contribution in [0.4, 0.5) is 0 Å². The summed E-state index contributed by atoms with van der Waals surface area (Å²) in [6, 6.07) is 0. The van der Waals surface area contributed by atoms with Crippen molar-refractivity contribution in [1.82, 2.24) is 0 Å². The van der Waals surface area contributed by atoms with Crippen LogP contribution in [0.5, 0.6) is 0 Å². The van der Waals surface area contributed by atoms with Crippen LogP contribution in [0.25, 0.3) is 0 Å². The van der Waals surface area contributed by atoms with Gasteiger partial charge in [0.2, 0.25) is 0 Å². The van der Waals surface area contributed by atoms with Crippen molar-refractivity contribution in [2.24, 2.45) is 23.5 Å². The smallest absolute Gasteiger partial charge is 0.310 e. The van der Waals surface area contributed by atoms with Crippen molar-refractivity contribution in [3.8, 4) is 0 Å².